The van der Waals surface area contributed by atoms with Gasteiger partial charge in [-0.1, -0.05) is 35.4 Å². The molecule has 0 N–H and O–H groups in total. The number of thiophene rings is 1. The molecular weight excluding hydrogens is 528 g/mol. The standard InChI is InChI=1S/C23H27ClN4O4S3/c1-15-6-7-17(32-2)20-21(15)34-23(25-20)27-13-11-26(12-14-27)22(29)16-5-3-4-10-28(16)35(30,31)19-9-8-18(24)33-19/h6-9,16H,3-5,10-14H2,1-2H3. The van der Waals surface area contributed by atoms with Gasteiger partial charge in [0.05, 0.1) is 16.1 Å². The molecule has 2 aliphatic heterocycles. The fourth-order valence-corrected chi connectivity index (χ4v) is 9.08. The predicted molar refractivity (Wildman–Crippen MR) is 141 cm³/mol. The van der Waals surface area contributed by atoms with Crippen molar-refractivity contribution in [1.29, 1.82) is 0 Å². The van der Waals surface area contributed by atoms with Gasteiger partial charge in [-0.05, 0) is 43.5 Å². The summed E-state index contributed by atoms with van der Waals surface area (Å²) in [5.41, 5.74) is 2.02. The third kappa shape index (κ3) is 4.64. The molecule has 1 atom stereocenters. The van der Waals surface area contributed by atoms with E-state index >= 15 is 0 Å². The molecule has 1 amide bonds. The number of nitrogens with zero attached hydrogens (tertiary/aromatic N) is 4. The number of amides is 1. The van der Waals surface area contributed by atoms with Gasteiger partial charge in [0, 0.05) is 32.7 Å². The Morgan fingerprint density at radius 3 is 2.54 bits per heavy atom. The molecule has 0 saturated carbocycles. The Morgan fingerprint density at radius 1 is 1.09 bits per heavy atom. The van der Waals surface area contributed by atoms with Crippen LogP contribution in [0.1, 0.15) is 24.8 Å². The average Bonchev–Trinajstić information content (AvgIpc) is 3.52. The number of benzene rings is 1. The van der Waals surface area contributed by atoms with Gasteiger partial charge in [0.1, 0.15) is 21.5 Å². The quantitative estimate of drug-likeness (QED) is 0.469. The molecule has 8 nitrogen and oxygen atoms in total. The number of anilines is 1. The van der Waals surface area contributed by atoms with Crippen LogP contribution in [0.5, 0.6) is 5.75 Å². The van der Waals surface area contributed by atoms with Crippen LogP contribution in [0.4, 0.5) is 5.13 Å². The zero-order valence-corrected chi connectivity index (χ0v) is 22.8. The first-order valence-electron chi connectivity index (χ1n) is 11.5. The third-order valence-electron chi connectivity index (χ3n) is 6.62. The van der Waals surface area contributed by atoms with Crippen LogP contribution in [-0.2, 0) is 14.8 Å². The maximum absolute atomic E-state index is 13.5. The Morgan fingerprint density at radius 2 is 1.86 bits per heavy atom. The number of hydrogen-bond acceptors (Lipinski definition) is 8. The number of rotatable bonds is 5. The fourth-order valence-electron chi connectivity index (χ4n) is 4.72. The lowest BCUT2D eigenvalue weighted by Gasteiger charge is -2.40. The second-order valence-electron chi connectivity index (χ2n) is 8.76. The molecule has 2 aromatic heterocycles. The van der Waals surface area contributed by atoms with Gasteiger partial charge >= 0.3 is 0 Å². The van der Waals surface area contributed by atoms with E-state index in [0.717, 1.165) is 50.8 Å². The Kier molecular flexibility index (Phi) is 6.97. The zero-order chi connectivity index (χ0) is 24.7. The summed E-state index contributed by atoms with van der Waals surface area (Å²) in [6, 6.07) is 6.40. The van der Waals surface area contributed by atoms with E-state index in [4.69, 9.17) is 21.3 Å². The monoisotopic (exact) mass is 554 g/mol. The number of fused-ring (bicyclic) bond motifs is 1. The minimum atomic E-state index is -3.76. The topological polar surface area (TPSA) is 83.0 Å². The van der Waals surface area contributed by atoms with Crippen LogP contribution in [0.15, 0.2) is 28.5 Å². The van der Waals surface area contributed by atoms with Gasteiger partial charge in [-0.25, -0.2) is 13.4 Å². The molecule has 0 aliphatic carbocycles. The largest absolute Gasteiger partial charge is 0.494 e. The molecule has 0 spiro atoms. The summed E-state index contributed by atoms with van der Waals surface area (Å²) < 4.78 is 35.1. The highest BCUT2D eigenvalue weighted by Gasteiger charge is 2.40. The Hall–Kier alpha value is -1.92. The van der Waals surface area contributed by atoms with Crippen LogP contribution in [0.3, 0.4) is 0 Å². The van der Waals surface area contributed by atoms with Crippen LogP contribution >= 0.6 is 34.3 Å². The van der Waals surface area contributed by atoms with Crippen molar-refractivity contribution in [2.24, 2.45) is 0 Å². The van der Waals surface area contributed by atoms with Crippen LogP contribution in [-0.4, -0.2) is 74.4 Å². The minimum Gasteiger partial charge on any atom is -0.494 e. The van der Waals surface area contributed by atoms with Gasteiger partial charge in [0.15, 0.2) is 5.13 Å². The molecule has 2 saturated heterocycles. The lowest BCUT2D eigenvalue weighted by Crippen LogP contribution is -2.57. The van der Waals surface area contributed by atoms with Gasteiger partial charge in [0.25, 0.3) is 10.0 Å². The summed E-state index contributed by atoms with van der Waals surface area (Å²) in [6.07, 6.45) is 2.12. The number of halogens is 1. The summed E-state index contributed by atoms with van der Waals surface area (Å²) in [5, 5.41) is 0.913. The Balaban J connectivity index is 1.30. The number of sulfonamides is 1. The highest BCUT2D eigenvalue weighted by molar-refractivity contribution is 7.91. The molecule has 0 bridgehead atoms. The van der Waals surface area contributed by atoms with Gasteiger partial charge < -0.3 is 14.5 Å². The second-order valence-corrected chi connectivity index (χ2v) is 13.6. The number of aromatic nitrogens is 1. The van der Waals surface area contributed by atoms with Crippen LogP contribution in [0.25, 0.3) is 10.2 Å². The molecule has 2 fully saturated rings. The van der Waals surface area contributed by atoms with Gasteiger partial charge in [-0.15, -0.1) is 11.3 Å². The normalized spacial score (nSPS) is 19.9. The number of thiazole rings is 1. The molecular formula is C23H27ClN4O4S3. The number of piperidine rings is 1. The minimum absolute atomic E-state index is 0.114. The zero-order valence-electron chi connectivity index (χ0n) is 19.6. The van der Waals surface area contributed by atoms with E-state index in [-0.39, 0.29) is 10.1 Å². The summed E-state index contributed by atoms with van der Waals surface area (Å²) in [6.45, 7) is 4.76. The molecule has 0 radical (unpaired) electrons. The van der Waals surface area contributed by atoms with Gasteiger partial charge in [-0.3, -0.25) is 4.79 Å². The number of methoxy groups -OCH3 is 1. The van der Waals surface area contributed by atoms with E-state index in [1.807, 2.05) is 12.1 Å². The lowest BCUT2D eigenvalue weighted by molar-refractivity contribution is -0.136. The highest BCUT2D eigenvalue weighted by atomic mass is 35.5. The number of aryl methyl sites for hydroxylation is 1. The van der Waals surface area contributed by atoms with Crippen molar-refractivity contribution in [3.8, 4) is 5.75 Å². The number of ether oxygens (including phenoxy) is 1. The second kappa shape index (κ2) is 9.85. The van der Waals surface area contributed by atoms with E-state index in [2.05, 4.69) is 11.8 Å². The lowest BCUT2D eigenvalue weighted by atomic mass is 10.0. The first kappa shape index (κ1) is 24.8. The number of piperazine rings is 1. The third-order valence-corrected chi connectivity index (χ3v) is 11.5. The molecule has 188 valence electrons. The smallest absolute Gasteiger partial charge is 0.253 e. The molecule has 3 aromatic rings. The molecule has 4 heterocycles. The highest BCUT2D eigenvalue weighted by Crippen LogP contribution is 2.37. The van der Waals surface area contributed by atoms with Crippen molar-refractivity contribution >= 4 is 65.6 Å². The van der Waals surface area contributed by atoms with Crippen molar-refractivity contribution in [2.75, 3.05) is 44.7 Å². The van der Waals surface area contributed by atoms with Gasteiger partial charge in [0.2, 0.25) is 5.91 Å². The summed E-state index contributed by atoms with van der Waals surface area (Å²) >= 11 is 8.65. The first-order chi connectivity index (χ1) is 16.8. The molecule has 35 heavy (non-hydrogen) atoms. The van der Waals surface area contributed by atoms with Crippen molar-refractivity contribution in [3.63, 3.8) is 0 Å². The number of hydrogen-bond donors (Lipinski definition) is 0. The van der Waals surface area contributed by atoms with Crippen LogP contribution in [0, 0.1) is 6.92 Å². The summed E-state index contributed by atoms with van der Waals surface area (Å²) in [4.78, 5) is 22.3. The molecule has 2 aliphatic rings. The average molecular weight is 555 g/mol. The number of carbonyl (C=O) groups is 1. The summed E-state index contributed by atoms with van der Waals surface area (Å²) in [7, 11) is -2.12. The maximum atomic E-state index is 13.5. The van der Waals surface area contributed by atoms with Crippen LogP contribution < -0.4 is 9.64 Å². The van der Waals surface area contributed by atoms with Gasteiger partial charge in [-0.2, -0.15) is 4.31 Å². The van der Waals surface area contributed by atoms with Crippen molar-refractivity contribution in [1.82, 2.24) is 14.2 Å². The van der Waals surface area contributed by atoms with Crippen molar-refractivity contribution in [3.05, 3.63) is 34.2 Å². The molecule has 12 heteroatoms. The predicted octanol–water partition coefficient (Wildman–Crippen LogP) is 4.22. The maximum Gasteiger partial charge on any atom is 0.253 e. The van der Waals surface area contributed by atoms with E-state index in [1.165, 1.54) is 10.4 Å². The Labute approximate surface area is 218 Å². The Bertz CT molecular complexity index is 1350. The van der Waals surface area contributed by atoms with E-state index in [9.17, 15) is 13.2 Å². The van der Waals surface area contributed by atoms with Crippen LogP contribution in [0.2, 0.25) is 4.34 Å². The number of carbonyl (C=O) groups excluding carboxylic acids is 1. The molecule has 1 aromatic carbocycles. The molecule has 5 rings (SSSR count). The fraction of sp³-hybridized carbons (Fsp3) is 0.478. The van der Waals surface area contributed by atoms with E-state index in [1.54, 1.807) is 29.4 Å². The van der Waals surface area contributed by atoms with E-state index in [0.29, 0.717) is 43.5 Å². The molecule has 1 unspecified atom stereocenters. The van der Waals surface area contributed by atoms with E-state index < -0.39 is 16.1 Å². The van der Waals surface area contributed by atoms with Crippen molar-refractivity contribution < 1.29 is 17.9 Å². The SMILES string of the molecule is COc1ccc(C)c2sc(N3CCN(C(=O)C4CCCCN4S(=O)(=O)c4ccc(Cl)s4)CC3)nc12. The first-order valence-corrected chi connectivity index (χ1v) is 15.0. The van der Waals surface area contributed by atoms with Crippen molar-refractivity contribution in [2.45, 2.75) is 36.4 Å². The summed E-state index contributed by atoms with van der Waals surface area (Å²) in [5.74, 6) is 0.643.